The summed E-state index contributed by atoms with van der Waals surface area (Å²) in [4.78, 5) is 73.3. The quantitative estimate of drug-likeness (QED) is 0.0222. The third-order valence-corrected chi connectivity index (χ3v) is 23.2. The maximum absolute atomic E-state index is 13.2. The first-order valence-electron chi connectivity index (χ1n) is 46.6. The van der Waals surface area contributed by atoms with Gasteiger partial charge in [0.15, 0.2) is 12.2 Å². The predicted molar refractivity (Wildman–Crippen MR) is 451 cm³/mol. The Hall–Kier alpha value is -1.94. The highest BCUT2D eigenvalue weighted by molar-refractivity contribution is 7.47. The molecule has 0 heterocycles. The van der Waals surface area contributed by atoms with Crippen LogP contribution in [0.3, 0.4) is 0 Å². The van der Waals surface area contributed by atoms with Crippen LogP contribution in [0.2, 0.25) is 0 Å². The van der Waals surface area contributed by atoms with Crippen molar-refractivity contribution < 1.29 is 80.2 Å². The molecule has 0 amide bonds. The van der Waals surface area contributed by atoms with E-state index in [0.717, 1.165) is 95.8 Å². The van der Waals surface area contributed by atoms with E-state index in [0.29, 0.717) is 25.7 Å². The van der Waals surface area contributed by atoms with Crippen molar-refractivity contribution in [1.82, 2.24) is 0 Å². The molecular weight excluding hydrogens is 1410 g/mol. The van der Waals surface area contributed by atoms with E-state index >= 15 is 0 Å². The topological polar surface area (TPSA) is 237 Å². The molecule has 3 N–H and O–H groups in total. The molecule has 0 bridgehead atoms. The van der Waals surface area contributed by atoms with Gasteiger partial charge in [0.2, 0.25) is 0 Å². The average molecular weight is 1590 g/mol. The summed E-state index contributed by atoms with van der Waals surface area (Å²) in [7, 11) is -9.93. The molecule has 109 heavy (non-hydrogen) atoms. The van der Waals surface area contributed by atoms with Crippen molar-refractivity contribution >= 4 is 39.5 Å². The number of unbranched alkanes of at least 4 members (excludes halogenated alkanes) is 62. The fourth-order valence-corrected chi connectivity index (χ4v) is 15.8. The van der Waals surface area contributed by atoms with E-state index in [-0.39, 0.29) is 25.7 Å². The number of carbonyl (C=O) groups excluding carboxylic acids is 4. The smallest absolute Gasteiger partial charge is 0.462 e. The lowest BCUT2D eigenvalue weighted by Gasteiger charge is -2.21. The van der Waals surface area contributed by atoms with Crippen LogP contribution in [0, 0.1) is 5.92 Å². The van der Waals surface area contributed by atoms with Crippen LogP contribution in [0.1, 0.15) is 490 Å². The van der Waals surface area contributed by atoms with Gasteiger partial charge in [0, 0.05) is 25.7 Å². The second-order valence-electron chi connectivity index (χ2n) is 32.8. The first kappa shape index (κ1) is 107. The van der Waals surface area contributed by atoms with E-state index in [9.17, 15) is 43.2 Å². The fourth-order valence-electron chi connectivity index (χ4n) is 14.2. The van der Waals surface area contributed by atoms with Gasteiger partial charge in [0.25, 0.3) is 0 Å². The summed E-state index contributed by atoms with van der Waals surface area (Å²) >= 11 is 0. The van der Waals surface area contributed by atoms with Gasteiger partial charge in [-0.15, -0.1) is 0 Å². The number of aliphatic hydroxyl groups excluding tert-OH is 1. The van der Waals surface area contributed by atoms with Crippen molar-refractivity contribution in [2.75, 3.05) is 39.6 Å². The van der Waals surface area contributed by atoms with Crippen LogP contribution in [0.25, 0.3) is 0 Å². The highest BCUT2D eigenvalue weighted by Crippen LogP contribution is 2.45. The van der Waals surface area contributed by atoms with Crippen molar-refractivity contribution in [3.05, 3.63) is 0 Å². The molecule has 0 saturated heterocycles. The number of ether oxygens (including phenoxy) is 4. The minimum absolute atomic E-state index is 0.109. The number of phosphoric acid groups is 2. The lowest BCUT2D eigenvalue weighted by Crippen LogP contribution is -2.30. The van der Waals surface area contributed by atoms with Crippen molar-refractivity contribution in [3.8, 4) is 0 Å². The Bertz CT molecular complexity index is 2070. The highest BCUT2D eigenvalue weighted by atomic mass is 31.2. The number of rotatable bonds is 90. The molecule has 2 unspecified atom stereocenters. The number of hydrogen-bond acceptors (Lipinski definition) is 15. The van der Waals surface area contributed by atoms with E-state index in [1.165, 1.54) is 315 Å². The van der Waals surface area contributed by atoms with Crippen LogP contribution in [0.5, 0.6) is 0 Å². The third-order valence-electron chi connectivity index (χ3n) is 21.3. The summed E-state index contributed by atoms with van der Waals surface area (Å²) in [6.07, 6.45) is 78.0. The van der Waals surface area contributed by atoms with Gasteiger partial charge in [-0.25, -0.2) is 9.13 Å². The molecular formula is C90H176O17P2. The molecule has 0 fully saturated rings. The molecule has 0 aliphatic carbocycles. The SMILES string of the molecule is CCCCCCCCCCCCCCCCCCCCCCCCC(=O)O[C@H](COC(=O)CCCCCCCCCCCCCCCCCCC(C)C)COP(=O)(O)OC[C@@H](O)COP(=O)(O)OC[C@@H](COC(=O)CCCCCCCCCCC)OC(=O)CCCCCCCCCCCCCCCCCCCCC. The molecule has 17 nitrogen and oxygen atoms in total. The van der Waals surface area contributed by atoms with Gasteiger partial charge >= 0.3 is 39.5 Å². The highest BCUT2D eigenvalue weighted by Gasteiger charge is 2.31. The van der Waals surface area contributed by atoms with Gasteiger partial charge in [-0.3, -0.25) is 37.3 Å². The zero-order valence-electron chi connectivity index (χ0n) is 71.7. The molecule has 648 valence electrons. The zero-order chi connectivity index (χ0) is 79.7. The first-order valence-corrected chi connectivity index (χ1v) is 49.6. The van der Waals surface area contributed by atoms with Crippen LogP contribution in [-0.4, -0.2) is 96.7 Å². The molecule has 5 atom stereocenters. The van der Waals surface area contributed by atoms with E-state index in [2.05, 4.69) is 34.6 Å². The third kappa shape index (κ3) is 83.8. The Balaban J connectivity index is 5.19. The molecule has 0 spiro atoms. The lowest BCUT2D eigenvalue weighted by molar-refractivity contribution is -0.161. The number of phosphoric ester groups is 2. The van der Waals surface area contributed by atoms with Gasteiger partial charge in [-0.1, -0.05) is 439 Å². The van der Waals surface area contributed by atoms with E-state index in [1.807, 2.05) is 0 Å². The molecule has 0 saturated carbocycles. The summed E-state index contributed by atoms with van der Waals surface area (Å²) in [5.41, 5.74) is 0. The number of carbonyl (C=O) groups is 4. The normalized spacial score (nSPS) is 13.7. The maximum Gasteiger partial charge on any atom is 0.472 e. The molecule has 0 rings (SSSR count). The predicted octanol–water partition coefficient (Wildman–Crippen LogP) is 27.9. The van der Waals surface area contributed by atoms with Crippen molar-refractivity contribution in [1.29, 1.82) is 0 Å². The summed E-state index contributed by atoms with van der Waals surface area (Å²) in [6.45, 7) is 7.40. The summed E-state index contributed by atoms with van der Waals surface area (Å²) < 4.78 is 69.0. The largest absolute Gasteiger partial charge is 0.472 e. The Morgan fingerprint density at radius 3 is 0.624 bits per heavy atom. The first-order chi connectivity index (χ1) is 53.0. The number of hydrogen-bond donors (Lipinski definition) is 3. The Labute approximate surface area is 670 Å². The fraction of sp³-hybridized carbons (Fsp3) is 0.956. The van der Waals surface area contributed by atoms with Gasteiger partial charge in [-0.2, -0.15) is 0 Å². The minimum atomic E-state index is -4.97. The Morgan fingerprint density at radius 2 is 0.422 bits per heavy atom. The van der Waals surface area contributed by atoms with Crippen molar-refractivity contribution in [3.63, 3.8) is 0 Å². The molecule has 0 aliphatic heterocycles. The zero-order valence-corrected chi connectivity index (χ0v) is 73.5. The average Bonchev–Trinajstić information content (AvgIpc) is 0.899. The monoisotopic (exact) mass is 1590 g/mol. The van der Waals surface area contributed by atoms with Gasteiger partial charge < -0.3 is 33.8 Å². The van der Waals surface area contributed by atoms with E-state index in [4.69, 9.17) is 37.0 Å². The van der Waals surface area contributed by atoms with Gasteiger partial charge in [0.1, 0.15) is 19.3 Å². The Kier molecular flexibility index (Phi) is 81.1. The van der Waals surface area contributed by atoms with Gasteiger partial charge in [0.05, 0.1) is 26.4 Å². The summed E-state index contributed by atoms with van der Waals surface area (Å²) in [5, 5.41) is 10.7. The van der Waals surface area contributed by atoms with Crippen molar-refractivity contribution in [2.45, 2.75) is 509 Å². The second kappa shape index (κ2) is 82.6. The standard InChI is InChI=1S/C90H176O17P2/c1-6-9-12-15-18-21-23-25-27-29-31-32-33-35-37-43-47-51-56-61-66-71-76-90(95)107-86(80-101-88(93)74-69-64-59-54-49-45-41-39-38-40-44-48-53-57-62-67-72-83(4)5)82-105-109(98,99)103-78-84(91)77-102-108(96,97)104-81-85(79-100-87(92)73-68-63-58-52-20-17-14-11-8-3)106-89(94)75-70-65-60-55-50-46-42-36-34-30-28-26-24-22-19-16-13-10-7-2/h83-86,91H,6-82H2,1-5H3,(H,96,97)(H,98,99)/t84-,85+,86+/m0/s1. The second-order valence-corrected chi connectivity index (χ2v) is 35.7. The summed E-state index contributed by atoms with van der Waals surface area (Å²) in [6, 6.07) is 0. The van der Waals surface area contributed by atoms with E-state index < -0.39 is 97.5 Å². The van der Waals surface area contributed by atoms with Crippen LogP contribution in [-0.2, 0) is 65.4 Å². The van der Waals surface area contributed by atoms with Crippen LogP contribution in [0.4, 0.5) is 0 Å². The van der Waals surface area contributed by atoms with Gasteiger partial charge in [-0.05, 0) is 31.6 Å². The number of esters is 4. The lowest BCUT2D eigenvalue weighted by atomic mass is 10.0. The molecule has 0 aromatic carbocycles. The van der Waals surface area contributed by atoms with Crippen LogP contribution in [0.15, 0.2) is 0 Å². The van der Waals surface area contributed by atoms with Crippen molar-refractivity contribution in [2.24, 2.45) is 5.92 Å². The molecule has 19 heteroatoms. The maximum atomic E-state index is 13.2. The molecule has 0 aromatic rings. The Morgan fingerprint density at radius 1 is 0.248 bits per heavy atom. The molecule has 0 aromatic heterocycles. The van der Waals surface area contributed by atoms with E-state index in [1.54, 1.807) is 0 Å². The summed E-state index contributed by atoms with van der Waals surface area (Å²) in [5.74, 6) is -1.28. The number of aliphatic hydroxyl groups is 1. The van der Waals surface area contributed by atoms with Crippen LogP contribution >= 0.6 is 15.6 Å². The molecule has 0 aliphatic rings. The van der Waals surface area contributed by atoms with Crippen LogP contribution < -0.4 is 0 Å². The minimum Gasteiger partial charge on any atom is -0.462 e. The molecule has 0 radical (unpaired) electrons.